The molecule has 0 spiro atoms. The highest BCUT2D eigenvalue weighted by atomic mass is 16.5. The Bertz CT molecular complexity index is 234. The zero-order chi connectivity index (χ0) is 12.4. The Morgan fingerprint density at radius 3 is 2.65 bits per heavy atom. The Labute approximate surface area is 105 Å². The van der Waals surface area contributed by atoms with E-state index in [-0.39, 0.29) is 6.10 Å². The topological polar surface area (TPSA) is 32.7 Å². The smallest absolute Gasteiger partial charge is 0.0700 e. The Morgan fingerprint density at radius 2 is 2.00 bits per heavy atom. The van der Waals surface area contributed by atoms with Crippen LogP contribution >= 0.6 is 0 Å². The quantitative estimate of drug-likeness (QED) is 0.801. The SMILES string of the molecule is COC1CCCN(C2C(C)CC(C)CC2O)C1. The van der Waals surface area contributed by atoms with Gasteiger partial charge in [-0.2, -0.15) is 0 Å². The minimum atomic E-state index is -0.149. The minimum Gasteiger partial charge on any atom is -0.391 e. The number of aliphatic hydroxyl groups excluding tert-OH is 1. The van der Waals surface area contributed by atoms with Crippen LogP contribution in [0, 0.1) is 11.8 Å². The summed E-state index contributed by atoms with van der Waals surface area (Å²) in [6.45, 7) is 6.67. The lowest BCUT2D eigenvalue weighted by Crippen LogP contribution is -2.55. The molecule has 3 heteroatoms. The minimum absolute atomic E-state index is 0.149. The molecule has 2 aliphatic rings. The summed E-state index contributed by atoms with van der Waals surface area (Å²) in [5.74, 6) is 1.27. The van der Waals surface area contributed by atoms with E-state index in [0.29, 0.717) is 24.0 Å². The number of nitrogens with zero attached hydrogens (tertiary/aromatic N) is 1. The average Bonchev–Trinajstić information content (AvgIpc) is 2.28. The maximum atomic E-state index is 10.3. The Balaban J connectivity index is 1.99. The van der Waals surface area contributed by atoms with Crippen molar-refractivity contribution in [1.29, 1.82) is 0 Å². The van der Waals surface area contributed by atoms with Crippen molar-refractivity contribution < 1.29 is 9.84 Å². The normalized spacial score (nSPS) is 44.8. The first-order valence-corrected chi connectivity index (χ1v) is 7.06. The van der Waals surface area contributed by atoms with Gasteiger partial charge >= 0.3 is 0 Å². The van der Waals surface area contributed by atoms with E-state index >= 15 is 0 Å². The van der Waals surface area contributed by atoms with Crippen molar-refractivity contribution in [3.8, 4) is 0 Å². The van der Waals surface area contributed by atoms with Crippen molar-refractivity contribution in [3.63, 3.8) is 0 Å². The zero-order valence-electron chi connectivity index (χ0n) is 11.4. The predicted molar refractivity (Wildman–Crippen MR) is 69.0 cm³/mol. The van der Waals surface area contributed by atoms with Gasteiger partial charge in [0.2, 0.25) is 0 Å². The van der Waals surface area contributed by atoms with Crippen LogP contribution in [0.2, 0.25) is 0 Å². The standard InChI is InChI=1S/C14H27NO2/c1-10-7-11(2)14(13(16)8-10)15-6-4-5-12(9-15)17-3/h10-14,16H,4-9H2,1-3H3. The van der Waals surface area contributed by atoms with Gasteiger partial charge in [0.05, 0.1) is 12.2 Å². The number of ether oxygens (including phenoxy) is 1. The summed E-state index contributed by atoms with van der Waals surface area (Å²) in [6, 6.07) is 0.351. The maximum Gasteiger partial charge on any atom is 0.0700 e. The summed E-state index contributed by atoms with van der Waals surface area (Å²) in [5, 5.41) is 10.3. The van der Waals surface area contributed by atoms with Gasteiger partial charge in [-0.25, -0.2) is 0 Å². The Morgan fingerprint density at radius 1 is 1.24 bits per heavy atom. The number of rotatable bonds is 2. The van der Waals surface area contributed by atoms with Crippen LogP contribution in [0.15, 0.2) is 0 Å². The van der Waals surface area contributed by atoms with E-state index in [4.69, 9.17) is 4.74 Å². The van der Waals surface area contributed by atoms with Crippen LogP contribution in [0.4, 0.5) is 0 Å². The molecule has 2 rings (SSSR count). The van der Waals surface area contributed by atoms with Crippen molar-refractivity contribution in [2.45, 2.75) is 57.8 Å². The van der Waals surface area contributed by atoms with Gasteiger partial charge in [-0.15, -0.1) is 0 Å². The molecule has 1 heterocycles. The van der Waals surface area contributed by atoms with Crippen molar-refractivity contribution >= 4 is 0 Å². The maximum absolute atomic E-state index is 10.3. The molecule has 0 bridgehead atoms. The van der Waals surface area contributed by atoms with Crippen molar-refractivity contribution in [2.24, 2.45) is 11.8 Å². The van der Waals surface area contributed by atoms with E-state index in [0.717, 1.165) is 19.5 Å². The molecule has 1 N–H and O–H groups in total. The van der Waals surface area contributed by atoms with Crippen LogP contribution in [0.3, 0.4) is 0 Å². The molecule has 0 radical (unpaired) electrons. The summed E-state index contributed by atoms with van der Waals surface area (Å²) in [5.41, 5.74) is 0. The van der Waals surface area contributed by atoms with E-state index in [2.05, 4.69) is 18.7 Å². The molecule has 100 valence electrons. The van der Waals surface area contributed by atoms with E-state index < -0.39 is 0 Å². The van der Waals surface area contributed by atoms with Crippen LogP contribution in [0.5, 0.6) is 0 Å². The first kappa shape index (κ1) is 13.3. The second kappa shape index (κ2) is 5.68. The summed E-state index contributed by atoms with van der Waals surface area (Å²) < 4.78 is 5.48. The lowest BCUT2D eigenvalue weighted by Gasteiger charge is -2.46. The van der Waals surface area contributed by atoms with Crippen molar-refractivity contribution in [3.05, 3.63) is 0 Å². The molecule has 17 heavy (non-hydrogen) atoms. The van der Waals surface area contributed by atoms with E-state index in [1.165, 1.54) is 19.3 Å². The number of hydrogen-bond donors (Lipinski definition) is 1. The highest BCUT2D eigenvalue weighted by molar-refractivity contribution is 4.92. The molecule has 0 aromatic heterocycles. The predicted octanol–water partition coefficient (Wildman–Crippen LogP) is 1.89. The molecular formula is C14H27NO2. The lowest BCUT2D eigenvalue weighted by atomic mass is 9.76. The molecule has 0 amide bonds. The van der Waals surface area contributed by atoms with Gasteiger partial charge in [0.25, 0.3) is 0 Å². The van der Waals surface area contributed by atoms with Gasteiger partial charge in [-0.1, -0.05) is 13.8 Å². The van der Waals surface area contributed by atoms with Crippen molar-refractivity contribution in [2.75, 3.05) is 20.2 Å². The molecule has 1 aliphatic heterocycles. The van der Waals surface area contributed by atoms with Gasteiger partial charge < -0.3 is 9.84 Å². The van der Waals surface area contributed by atoms with E-state index in [1.54, 1.807) is 7.11 Å². The zero-order valence-corrected chi connectivity index (χ0v) is 11.4. The van der Waals surface area contributed by atoms with Crippen LogP contribution < -0.4 is 0 Å². The number of piperidine rings is 1. The summed E-state index contributed by atoms with van der Waals surface area (Å²) in [7, 11) is 1.80. The molecule has 0 aromatic carbocycles. The first-order chi connectivity index (χ1) is 8.11. The fourth-order valence-corrected chi connectivity index (χ4v) is 3.83. The number of hydrogen-bond acceptors (Lipinski definition) is 3. The second-order valence-electron chi connectivity index (χ2n) is 6.11. The molecule has 5 unspecified atom stereocenters. The average molecular weight is 241 g/mol. The Kier molecular flexibility index (Phi) is 4.45. The van der Waals surface area contributed by atoms with Crippen LogP contribution in [0.1, 0.15) is 39.5 Å². The van der Waals surface area contributed by atoms with E-state index in [9.17, 15) is 5.11 Å². The second-order valence-corrected chi connectivity index (χ2v) is 6.11. The third-order valence-corrected chi connectivity index (χ3v) is 4.56. The van der Waals surface area contributed by atoms with Gasteiger partial charge in [-0.05, 0) is 44.1 Å². The molecule has 3 nitrogen and oxygen atoms in total. The lowest BCUT2D eigenvalue weighted by molar-refractivity contribution is -0.0603. The van der Waals surface area contributed by atoms with Crippen LogP contribution in [0.25, 0.3) is 0 Å². The highest BCUT2D eigenvalue weighted by Crippen LogP contribution is 2.33. The van der Waals surface area contributed by atoms with Crippen LogP contribution in [-0.4, -0.2) is 48.5 Å². The molecule has 0 aromatic rings. The summed E-state index contributed by atoms with van der Waals surface area (Å²) in [4.78, 5) is 2.47. The van der Waals surface area contributed by atoms with Crippen molar-refractivity contribution in [1.82, 2.24) is 4.90 Å². The van der Waals surface area contributed by atoms with Gasteiger partial charge in [-0.3, -0.25) is 4.90 Å². The van der Waals surface area contributed by atoms with Gasteiger partial charge in [0.15, 0.2) is 0 Å². The number of methoxy groups -OCH3 is 1. The third kappa shape index (κ3) is 3.01. The molecule has 5 atom stereocenters. The number of aliphatic hydroxyl groups is 1. The largest absolute Gasteiger partial charge is 0.391 e. The fourth-order valence-electron chi connectivity index (χ4n) is 3.83. The first-order valence-electron chi connectivity index (χ1n) is 7.06. The van der Waals surface area contributed by atoms with Gasteiger partial charge in [0, 0.05) is 19.7 Å². The molecular weight excluding hydrogens is 214 g/mol. The summed E-state index contributed by atoms with van der Waals surface area (Å²) >= 11 is 0. The molecule has 1 aliphatic carbocycles. The summed E-state index contributed by atoms with van der Waals surface area (Å²) in [6.07, 6.45) is 4.79. The molecule has 2 fully saturated rings. The number of likely N-dealkylation sites (tertiary alicyclic amines) is 1. The highest BCUT2D eigenvalue weighted by Gasteiger charge is 2.38. The molecule has 1 saturated carbocycles. The fraction of sp³-hybridized carbons (Fsp3) is 1.00. The Hall–Kier alpha value is -0.120. The monoisotopic (exact) mass is 241 g/mol. The van der Waals surface area contributed by atoms with Gasteiger partial charge in [0.1, 0.15) is 0 Å². The third-order valence-electron chi connectivity index (χ3n) is 4.56. The van der Waals surface area contributed by atoms with Crippen LogP contribution in [-0.2, 0) is 4.74 Å². The molecule has 1 saturated heterocycles. The van der Waals surface area contributed by atoms with E-state index in [1.807, 2.05) is 0 Å².